The van der Waals surface area contributed by atoms with Crippen molar-refractivity contribution in [2.24, 2.45) is 0 Å². The van der Waals surface area contributed by atoms with Crippen molar-refractivity contribution >= 4 is 5.97 Å². The van der Waals surface area contributed by atoms with Crippen LogP contribution in [0.5, 0.6) is 5.75 Å². The van der Waals surface area contributed by atoms with Crippen molar-refractivity contribution in [1.82, 2.24) is 0 Å². The highest BCUT2D eigenvalue weighted by molar-refractivity contribution is 5.73. The van der Waals surface area contributed by atoms with Crippen LogP contribution in [0.15, 0.2) is 18.2 Å². The molecule has 2 unspecified atom stereocenters. The Hall–Kier alpha value is -1.55. The van der Waals surface area contributed by atoms with E-state index in [1.54, 1.807) is 0 Å². The van der Waals surface area contributed by atoms with Crippen LogP contribution in [0.4, 0.5) is 0 Å². The molecule has 1 aliphatic heterocycles. The minimum absolute atomic E-state index is 0.373. The number of aryl methyl sites for hydroxylation is 1. The number of carbonyl (C=O) groups is 1. The molecule has 2 N–H and O–H groups in total. The van der Waals surface area contributed by atoms with Gasteiger partial charge in [0.1, 0.15) is 5.75 Å². The molecule has 4 heteroatoms. The number of hydrogen-bond donors (Lipinski definition) is 2. The molecule has 1 aromatic rings. The Morgan fingerprint density at radius 3 is 3.00 bits per heavy atom. The number of rotatable bonds is 2. The minimum atomic E-state index is -1.36. The first-order valence-corrected chi connectivity index (χ1v) is 5.24. The number of fused-ring (bicyclic) bond motifs is 1. The number of aliphatic hydroxyl groups excluding tert-OH is 1. The summed E-state index contributed by atoms with van der Waals surface area (Å²) in [6.45, 7) is 2.40. The van der Waals surface area contributed by atoms with Gasteiger partial charge >= 0.3 is 5.97 Å². The van der Waals surface area contributed by atoms with Gasteiger partial charge in [0.15, 0.2) is 6.10 Å². The van der Waals surface area contributed by atoms with Crippen molar-refractivity contribution < 1.29 is 19.7 Å². The third-order valence-electron chi connectivity index (χ3n) is 2.89. The van der Waals surface area contributed by atoms with Crippen LogP contribution in [-0.4, -0.2) is 28.9 Å². The second-order valence-electron chi connectivity index (χ2n) is 4.07. The van der Waals surface area contributed by atoms with Crippen molar-refractivity contribution in [2.45, 2.75) is 25.4 Å². The van der Waals surface area contributed by atoms with Crippen LogP contribution in [0.25, 0.3) is 0 Å². The number of carboxylic acid groups (broad SMARTS) is 1. The second kappa shape index (κ2) is 4.14. The van der Waals surface area contributed by atoms with Gasteiger partial charge in [-0.05, 0) is 25.0 Å². The Bertz CT molecular complexity index is 413. The first-order valence-electron chi connectivity index (χ1n) is 5.24. The molecular formula is C12H14O4. The van der Waals surface area contributed by atoms with Crippen molar-refractivity contribution in [1.29, 1.82) is 0 Å². The number of aliphatic carboxylic acids is 1. The molecule has 0 amide bonds. The van der Waals surface area contributed by atoms with E-state index in [9.17, 15) is 9.90 Å². The summed E-state index contributed by atoms with van der Waals surface area (Å²) in [6, 6.07) is 5.60. The molecule has 0 fully saturated rings. The van der Waals surface area contributed by atoms with Gasteiger partial charge in [-0.15, -0.1) is 0 Å². The second-order valence-corrected chi connectivity index (χ2v) is 4.07. The summed E-state index contributed by atoms with van der Waals surface area (Å²) in [6.07, 6.45) is -0.825. The van der Waals surface area contributed by atoms with Crippen molar-refractivity contribution in [3.8, 4) is 5.75 Å². The van der Waals surface area contributed by atoms with E-state index in [1.807, 2.05) is 25.1 Å². The first-order chi connectivity index (χ1) is 7.59. The van der Waals surface area contributed by atoms with Crippen molar-refractivity contribution in [2.75, 3.05) is 6.61 Å². The van der Waals surface area contributed by atoms with E-state index in [0.29, 0.717) is 18.8 Å². The normalized spacial score (nSPS) is 20.8. The van der Waals surface area contributed by atoms with Crippen LogP contribution in [0, 0.1) is 6.92 Å². The van der Waals surface area contributed by atoms with Crippen LogP contribution < -0.4 is 4.74 Å². The van der Waals surface area contributed by atoms with Crippen molar-refractivity contribution in [3.63, 3.8) is 0 Å². The average molecular weight is 222 g/mol. The van der Waals surface area contributed by atoms with E-state index < -0.39 is 12.1 Å². The average Bonchev–Trinajstić information content (AvgIpc) is 2.26. The zero-order valence-corrected chi connectivity index (χ0v) is 9.01. The molecule has 0 aliphatic carbocycles. The molecular weight excluding hydrogens is 208 g/mol. The van der Waals surface area contributed by atoms with Gasteiger partial charge in [0.25, 0.3) is 0 Å². The Balaban J connectivity index is 2.36. The molecule has 4 nitrogen and oxygen atoms in total. The van der Waals surface area contributed by atoms with Crippen LogP contribution in [0.2, 0.25) is 0 Å². The summed E-state index contributed by atoms with van der Waals surface area (Å²) in [4.78, 5) is 10.8. The largest absolute Gasteiger partial charge is 0.493 e. The van der Waals surface area contributed by atoms with Crippen LogP contribution in [0.1, 0.15) is 23.5 Å². The van der Waals surface area contributed by atoms with Crippen molar-refractivity contribution in [3.05, 3.63) is 29.3 Å². The van der Waals surface area contributed by atoms with Crippen LogP contribution >= 0.6 is 0 Å². The summed E-state index contributed by atoms with van der Waals surface area (Å²) >= 11 is 0. The predicted molar refractivity (Wildman–Crippen MR) is 57.7 cm³/mol. The summed E-state index contributed by atoms with van der Waals surface area (Å²) in [5, 5.41) is 18.4. The van der Waals surface area contributed by atoms with E-state index in [-0.39, 0.29) is 5.92 Å². The maximum atomic E-state index is 10.8. The fourth-order valence-corrected chi connectivity index (χ4v) is 2.02. The van der Waals surface area contributed by atoms with E-state index in [2.05, 4.69) is 0 Å². The number of hydrogen-bond acceptors (Lipinski definition) is 3. The molecule has 0 saturated carbocycles. The first kappa shape index (κ1) is 11.0. The molecule has 0 bridgehead atoms. The third kappa shape index (κ3) is 1.88. The summed E-state index contributed by atoms with van der Waals surface area (Å²) in [5.74, 6) is -0.864. The Kier molecular flexibility index (Phi) is 2.83. The molecule has 2 atom stereocenters. The van der Waals surface area contributed by atoms with E-state index >= 15 is 0 Å². The van der Waals surface area contributed by atoms with Gasteiger partial charge in [-0.25, -0.2) is 4.79 Å². The fraction of sp³-hybridized carbons (Fsp3) is 0.417. The van der Waals surface area contributed by atoms with Gasteiger partial charge < -0.3 is 14.9 Å². The number of aliphatic hydroxyl groups is 1. The van der Waals surface area contributed by atoms with Gasteiger partial charge in [0.05, 0.1) is 6.61 Å². The van der Waals surface area contributed by atoms with Gasteiger partial charge in [-0.2, -0.15) is 0 Å². The maximum absolute atomic E-state index is 10.8. The molecule has 0 radical (unpaired) electrons. The summed E-state index contributed by atoms with van der Waals surface area (Å²) in [7, 11) is 0. The topological polar surface area (TPSA) is 66.8 Å². The highest BCUT2D eigenvalue weighted by Crippen LogP contribution is 2.36. The lowest BCUT2D eigenvalue weighted by Gasteiger charge is -2.27. The van der Waals surface area contributed by atoms with Gasteiger partial charge in [0, 0.05) is 11.5 Å². The molecule has 2 rings (SSSR count). The zero-order valence-electron chi connectivity index (χ0n) is 9.01. The van der Waals surface area contributed by atoms with Crippen LogP contribution in [0.3, 0.4) is 0 Å². The van der Waals surface area contributed by atoms with Crippen LogP contribution in [-0.2, 0) is 4.79 Å². The van der Waals surface area contributed by atoms with E-state index in [1.165, 1.54) is 0 Å². The Morgan fingerprint density at radius 1 is 1.56 bits per heavy atom. The van der Waals surface area contributed by atoms with Gasteiger partial charge in [-0.3, -0.25) is 0 Å². The number of ether oxygens (including phenoxy) is 1. The third-order valence-corrected chi connectivity index (χ3v) is 2.89. The van der Waals surface area contributed by atoms with E-state index in [0.717, 1.165) is 11.1 Å². The quantitative estimate of drug-likeness (QED) is 0.791. The SMILES string of the molecule is Cc1ccc2c(c1)OCCC2C(O)C(=O)O. The number of benzene rings is 1. The Labute approximate surface area is 93.5 Å². The van der Waals surface area contributed by atoms with Gasteiger partial charge in [0.2, 0.25) is 0 Å². The maximum Gasteiger partial charge on any atom is 0.333 e. The minimum Gasteiger partial charge on any atom is -0.493 e. The lowest BCUT2D eigenvalue weighted by atomic mass is 9.88. The Morgan fingerprint density at radius 2 is 2.31 bits per heavy atom. The number of carboxylic acids is 1. The lowest BCUT2D eigenvalue weighted by Crippen LogP contribution is -2.31. The van der Waals surface area contributed by atoms with E-state index in [4.69, 9.17) is 9.84 Å². The molecule has 0 saturated heterocycles. The fourth-order valence-electron chi connectivity index (χ4n) is 2.02. The monoisotopic (exact) mass is 222 g/mol. The molecule has 0 spiro atoms. The standard InChI is InChI=1S/C12H14O4/c1-7-2-3-8-9(11(13)12(14)15)4-5-16-10(8)6-7/h2-3,6,9,11,13H,4-5H2,1H3,(H,14,15). The molecule has 86 valence electrons. The molecule has 16 heavy (non-hydrogen) atoms. The molecule has 1 aliphatic rings. The molecule has 0 aromatic heterocycles. The molecule has 1 aromatic carbocycles. The summed E-state index contributed by atoms with van der Waals surface area (Å²) < 4.78 is 5.46. The highest BCUT2D eigenvalue weighted by atomic mass is 16.5. The predicted octanol–water partition coefficient (Wildman–Crippen LogP) is 1.31. The zero-order chi connectivity index (χ0) is 11.7. The van der Waals surface area contributed by atoms with Gasteiger partial charge in [-0.1, -0.05) is 12.1 Å². The summed E-state index contributed by atoms with van der Waals surface area (Å²) in [5.41, 5.74) is 1.84. The molecule has 1 heterocycles. The smallest absolute Gasteiger partial charge is 0.333 e. The lowest BCUT2D eigenvalue weighted by molar-refractivity contribution is -0.148. The highest BCUT2D eigenvalue weighted by Gasteiger charge is 2.31.